The Morgan fingerprint density at radius 3 is 2.40 bits per heavy atom. The minimum absolute atomic E-state index is 0.111. The van der Waals surface area contributed by atoms with Crippen LogP contribution in [0.1, 0.15) is 45.4 Å². The molecule has 2 fully saturated rings. The highest BCUT2D eigenvalue weighted by Gasteiger charge is 2.25. The molecule has 1 amide bonds. The second-order valence-electron chi connectivity index (χ2n) is 6.80. The molecular formula is C20H29NO4. The molecule has 1 aromatic carbocycles. The van der Waals surface area contributed by atoms with Crippen molar-refractivity contribution in [3.05, 3.63) is 24.3 Å². The number of piperidine rings is 1. The largest absolute Gasteiger partial charge is 0.490 e. The van der Waals surface area contributed by atoms with Gasteiger partial charge in [-0.05, 0) is 31.9 Å². The van der Waals surface area contributed by atoms with Crippen LogP contribution in [0.5, 0.6) is 11.5 Å². The maximum absolute atomic E-state index is 12.3. The van der Waals surface area contributed by atoms with E-state index in [4.69, 9.17) is 14.2 Å². The number of hydrogen-bond acceptors (Lipinski definition) is 4. The molecule has 5 heteroatoms. The zero-order chi connectivity index (χ0) is 17.5. The maximum Gasteiger partial charge on any atom is 0.248 e. The van der Waals surface area contributed by atoms with Gasteiger partial charge in [0.25, 0.3) is 0 Å². The highest BCUT2D eigenvalue weighted by Crippen LogP contribution is 2.29. The molecule has 25 heavy (non-hydrogen) atoms. The van der Waals surface area contributed by atoms with Crippen LogP contribution < -0.4 is 9.47 Å². The summed E-state index contributed by atoms with van der Waals surface area (Å²) < 4.78 is 17.5. The Kier molecular flexibility index (Phi) is 6.56. The molecule has 0 N–H and O–H groups in total. The number of rotatable bonds is 7. The lowest BCUT2D eigenvalue weighted by Crippen LogP contribution is -2.43. The van der Waals surface area contributed by atoms with Gasteiger partial charge in [-0.25, -0.2) is 0 Å². The molecule has 1 aliphatic heterocycles. The Hall–Kier alpha value is -1.75. The van der Waals surface area contributed by atoms with Gasteiger partial charge < -0.3 is 19.1 Å². The second-order valence-corrected chi connectivity index (χ2v) is 6.80. The van der Waals surface area contributed by atoms with E-state index in [2.05, 4.69) is 0 Å². The third-order valence-electron chi connectivity index (χ3n) is 4.98. The highest BCUT2D eigenvalue weighted by atomic mass is 16.5. The fourth-order valence-electron chi connectivity index (χ4n) is 3.56. The van der Waals surface area contributed by atoms with Crippen LogP contribution in [-0.2, 0) is 9.53 Å². The molecule has 0 radical (unpaired) electrons. The second kappa shape index (κ2) is 9.09. The van der Waals surface area contributed by atoms with Crippen LogP contribution in [0.4, 0.5) is 0 Å². The van der Waals surface area contributed by atoms with Crippen LogP contribution in [0.2, 0.25) is 0 Å². The Morgan fingerprint density at radius 1 is 1.04 bits per heavy atom. The van der Waals surface area contributed by atoms with Crippen molar-refractivity contribution in [2.45, 2.75) is 57.7 Å². The molecular weight excluding hydrogens is 318 g/mol. The zero-order valence-corrected chi connectivity index (χ0v) is 15.1. The van der Waals surface area contributed by atoms with Crippen LogP contribution in [0, 0.1) is 0 Å². The van der Waals surface area contributed by atoms with Crippen LogP contribution in [-0.4, -0.2) is 49.3 Å². The van der Waals surface area contributed by atoms with E-state index < -0.39 is 0 Å². The van der Waals surface area contributed by atoms with Gasteiger partial charge in [0.05, 0.1) is 12.7 Å². The minimum atomic E-state index is 0.111. The van der Waals surface area contributed by atoms with Gasteiger partial charge in [0.2, 0.25) is 5.91 Å². The SMILES string of the molecule is CCOc1ccccc1OC1CCN(C(=O)COC2CCCC2)CC1. The van der Waals surface area contributed by atoms with Crippen molar-refractivity contribution in [3.63, 3.8) is 0 Å². The first-order valence-electron chi connectivity index (χ1n) is 9.54. The summed E-state index contributed by atoms with van der Waals surface area (Å²) in [5, 5.41) is 0. The molecule has 1 saturated carbocycles. The van der Waals surface area contributed by atoms with E-state index in [1.165, 1.54) is 12.8 Å². The molecule has 0 spiro atoms. The topological polar surface area (TPSA) is 48.0 Å². The lowest BCUT2D eigenvalue weighted by atomic mass is 10.1. The quantitative estimate of drug-likeness (QED) is 0.758. The maximum atomic E-state index is 12.3. The predicted molar refractivity (Wildman–Crippen MR) is 96.0 cm³/mol. The molecule has 0 unspecified atom stereocenters. The van der Waals surface area contributed by atoms with E-state index >= 15 is 0 Å². The summed E-state index contributed by atoms with van der Waals surface area (Å²) in [5.74, 6) is 1.69. The molecule has 138 valence electrons. The van der Waals surface area contributed by atoms with Crippen LogP contribution >= 0.6 is 0 Å². The number of para-hydroxylation sites is 2. The Bertz CT molecular complexity index is 548. The van der Waals surface area contributed by atoms with Gasteiger partial charge in [-0.3, -0.25) is 4.79 Å². The molecule has 2 aliphatic rings. The monoisotopic (exact) mass is 347 g/mol. The van der Waals surface area contributed by atoms with E-state index in [0.29, 0.717) is 12.7 Å². The number of likely N-dealkylation sites (tertiary alicyclic amines) is 1. The summed E-state index contributed by atoms with van der Waals surface area (Å²) in [5.41, 5.74) is 0. The van der Waals surface area contributed by atoms with Crippen molar-refractivity contribution in [1.29, 1.82) is 0 Å². The van der Waals surface area contributed by atoms with Gasteiger partial charge in [0.15, 0.2) is 11.5 Å². The van der Waals surface area contributed by atoms with Crippen LogP contribution in [0.3, 0.4) is 0 Å². The van der Waals surface area contributed by atoms with E-state index in [9.17, 15) is 4.79 Å². The minimum Gasteiger partial charge on any atom is -0.490 e. The molecule has 0 atom stereocenters. The summed E-state index contributed by atoms with van der Waals surface area (Å²) in [6.07, 6.45) is 6.76. The number of carbonyl (C=O) groups excluding carboxylic acids is 1. The van der Waals surface area contributed by atoms with Crippen molar-refractivity contribution in [2.75, 3.05) is 26.3 Å². The number of hydrogen-bond donors (Lipinski definition) is 0. The third-order valence-corrected chi connectivity index (χ3v) is 4.98. The smallest absolute Gasteiger partial charge is 0.248 e. The van der Waals surface area contributed by atoms with Crippen molar-refractivity contribution >= 4 is 5.91 Å². The first kappa shape index (κ1) is 18.1. The first-order valence-corrected chi connectivity index (χ1v) is 9.54. The summed E-state index contributed by atoms with van der Waals surface area (Å²) in [6.45, 7) is 4.27. The van der Waals surface area contributed by atoms with Crippen molar-refractivity contribution in [3.8, 4) is 11.5 Å². The van der Waals surface area contributed by atoms with Gasteiger partial charge in [-0.2, -0.15) is 0 Å². The lowest BCUT2D eigenvalue weighted by Gasteiger charge is -2.32. The number of benzene rings is 1. The highest BCUT2D eigenvalue weighted by molar-refractivity contribution is 5.77. The number of nitrogens with zero attached hydrogens (tertiary/aromatic N) is 1. The summed E-state index contributed by atoms with van der Waals surface area (Å²) in [7, 11) is 0. The van der Waals surface area contributed by atoms with Gasteiger partial charge in [-0.1, -0.05) is 25.0 Å². The molecule has 3 rings (SSSR count). The first-order chi connectivity index (χ1) is 12.3. The Morgan fingerprint density at radius 2 is 1.72 bits per heavy atom. The molecule has 0 bridgehead atoms. The average Bonchev–Trinajstić information content (AvgIpc) is 3.16. The Balaban J connectivity index is 1.43. The Labute approximate surface area is 150 Å². The molecule has 1 aliphatic carbocycles. The molecule has 1 heterocycles. The summed E-state index contributed by atoms with van der Waals surface area (Å²) in [6, 6.07) is 7.77. The molecule has 1 saturated heterocycles. The lowest BCUT2D eigenvalue weighted by molar-refractivity contribution is -0.139. The standard InChI is InChI=1S/C20H29NO4/c1-2-23-18-9-5-6-10-19(18)25-17-11-13-21(14-12-17)20(22)15-24-16-7-3-4-8-16/h5-6,9-10,16-17H,2-4,7-8,11-15H2,1H3. The van der Waals surface area contributed by atoms with E-state index in [-0.39, 0.29) is 18.6 Å². The van der Waals surface area contributed by atoms with Crippen LogP contribution in [0.15, 0.2) is 24.3 Å². The van der Waals surface area contributed by atoms with Gasteiger partial charge in [0, 0.05) is 25.9 Å². The fourth-order valence-corrected chi connectivity index (χ4v) is 3.56. The summed E-state index contributed by atoms with van der Waals surface area (Å²) in [4.78, 5) is 14.2. The molecule has 5 nitrogen and oxygen atoms in total. The van der Waals surface area contributed by atoms with Crippen LogP contribution in [0.25, 0.3) is 0 Å². The van der Waals surface area contributed by atoms with Gasteiger partial charge >= 0.3 is 0 Å². The van der Waals surface area contributed by atoms with E-state index in [1.54, 1.807) is 0 Å². The predicted octanol–water partition coefficient (Wildman–Crippen LogP) is 3.41. The molecule has 0 aromatic heterocycles. The third kappa shape index (κ3) is 5.11. The fraction of sp³-hybridized carbons (Fsp3) is 0.650. The normalized spacial score (nSPS) is 19.2. The summed E-state index contributed by atoms with van der Waals surface area (Å²) >= 11 is 0. The van der Waals surface area contributed by atoms with Crippen molar-refractivity contribution in [2.24, 2.45) is 0 Å². The van der Waals surface area contributed by atoms with Gasteiger partial charge in [0.1, 0.15) is 12.7 Å². The van der Waals surface area contributed by atoms with Gasteiger partial charge in [-0.15, -0.1) is 0 Å². The van der Waals surface area contributed by atoms with E-state index in [1.807, 2.05) is 36.1 Å². The van der Waals surface area contributed by atoms with Crippen molar-refractivity contribution < 1.29 is 19.0 Å². The number of amides is 1. The molecule has 1 aromatic rings. The van der Waals surface area contributed by atoms with E-state index in [0.717, 1.165) is 50.3 Å². The number of ether oxygens (including phenoxy) is 3. The number of carbonyl (C=O) groups is 1. The zero-order valence-electron chi connectivity index (χ0n) is 15.1. The average molecular weight is 347 g/mol. The van der Waals surface area contributed by atoms with Crippen molar-refractivity contribution in [1.82, 2.24) is 4.90 Å².